The Hall–Kier alpha value is -3.48. The zero-order chi connectivity index (χ0) is 21.0. The van der Waals surface area contributed by atoms with Crippen molar-refractivity contribution in [1.29, 1.82) is 0 Å². The molecule has 0 bridgehead atoms. The van der Waals surface area contributed by atoms with Gasteiger partial charge < -0.3 is 4.90 Å². The molecule has 7 heteroatoms. The van der Waals surface area contributed by atoms with Crippen LogP contribution in [0.3, 0.4) is 0 Å². The van der Waals surface area contributed by atoms with Gasteiger partial charge in [0.2, 0.25) is 5.91 Å². The molecule has 0 radical (unpaired) electrons. The molecule has 7 nitrogen and oxygen atoms in total. The van der Waals surface area contributed by atoms with Gasteiger partial charge in [0.1, 0.15) is 0 Å². The van der Waals surface area contributed by atoms with Gasteiger partial charge in [0.15, 0.2) is 0 Å². The van der Waals surface area contributed by atoms with E-state index in [2.05, 4.69) is 39.9 Å². The summed E-state index contributed by atoms with van der Waals surface area (Å²) >= 11 is 0. The number of hydrogen-bond donors (Lipinski definition) is 0. The largest absolute Gasteiger partial charge is 0.341 e. The third-order valence-corrected chi connectivity index (χ3v) is 6.72. The number of pyridine rings is 1. The van der Waals surface area contributed by atoms with Gasteiger partial charge >= 0.3 is 0 Å². The number of rotatable bonds is 4. The van der Waals surface area contributed by atoms with Crippen LogP contribution in [-0.2, 0) is 16.8 Å². The molecule has 0 aliphatic carbocycles. The standard InChI is InChI=1S/C24H24N6O/c1-17-13-24(15-28(16-24)23(31)7-10-29-9-4-8-26-29)22-12-21(27-30(17)22)19-11-18-5-2-3-6-20(18)25-14-19/h2-6,8-9,11-12,14,17H,7,10,13,15-16H2,1H3. The average molecular weight is 412 g/mol. The summed E-state index contributed by atoms with van der Waals surface area (Å²) in [5.41, 5.74) is 4.26. The minimum atomic E-state index is 0.0241. The van der Waals surface area contributed by atoms with Crippen molar-refractivity contribution in [2.45, 2.75) is 37.8 Å². The molecule has 0 N–H and O–H groups in total. The lowest BCUT2D eigenvalue weighted by Crippen LogP contribution is -2.60. The van der Waals surface area contributed by atoms with E-state index in [4.69, 9.17) is 5.10 Å². The van der Waals surface area contributed by atoms with Gasteiger partial charge in [-0.3, -0.25) is 19.1 Å². The molecule has 3 aromatic heterocycles. The van der Waals surface area contributed by atoms with E-state index in [1.807, 2.05) is 46.2 Å². The molecule has 0 saturated carbocycles. The summed E-state index contributed by atoms with van der Waals surface area (Å²) in [6, 6.07) is 14.7. The molecule has 1 saturated heterocycles. The van der Waals surface area contributed by atoms with E-state index in [9.17, 15) is 4.79 Å². The monoisotopic (exact) mass is 412 g/mol. The lowest BCUT2D eigenvalue weighted by molar-refractivity contribution is -0.139. The molecular weight excluding hydrogens is 388 g/mol. The number of aromatic nitrogens is 5. The number of fused-ring (bicyclic) bond motifs is 3. The summed E-state index contributed by atoms with van der Waals surface area (Å²) in [7, 11) is 0. The van der Waals surface area contributed by atoms with E-state index in [1.165, 1.54) is 5.69 Å². The van der Waals surface area contributed by atoms with Gasteiger partial charge in [0.05, 0.1) is 17.3 Å². The zero-order valence-electron chi connectivity index (χ0n) is 17.5. The number of amides is 1. The van der Waals surface area contributed by atoms with E-state index < -0.39 is 0 Å². The summed E-state index contributed by atoms with van der Waals surface area (Å²) in [5, 5.41) is 10.2. The predicted molar refractivity (Wildman–Crippen MR) is 117 cm³/mol. The van der Waals surface area contributed by atoms with E-state index in [-0.39, 0.29) is 11.3 Å². The number of nitrogens with zero attached hydrogens (tertiary/aromatic N) is 6. The lowest BCUT2D eigenvalue weighted by Gasteiger charge is -2.48. The van der Waals surface area contributed by atoms with Crippen LogP contribution in [0.5, 0.6) is 0 Å². The van der Waals surface area contributed by atoms with Gasteiger partial charge in [-0.15, -0.1) is 0 Å². The first-order valence-corrected chi connectivity index (χ1v) is 10.8. The smallest absolute Gasteiger partial charge is 0.224 e. The molecule has 1 atom stereocenters. The lowest BCUT2D eigenvalue weighted by atomic mass is 9.74. The highest BCUT2D eigenvalue weighted by Crippen LogP contribution is 2.48. The molecule has 2 aliphatic heterocycles. The van der Waals surface area contributed by atoms with Gasteiger partial charge in [-0.25, -0.2) is 0 Å². The van der Waals surface area contributed by atoms with Gasteiger partial charge in [-0.05, 0) is 37.6 Å². The van der Waals surface area contributed by atoms with Gasteiger partial charge in [-0.1, -0.05) is 18.2 Å². The fourth-order valence-corrected chi connectivity index (χ4v) is 5.19. The number of likely N-dealkylation sites (tertiary alicyclic amines) is 1. The van der Waals surface area contributed by atoms with Crippen molar-refractivity contribution in [2.75, 3.05) is 13.1 Å². The molecule has 6 rings (SSSR count). The van der Waals surface area contributed by atoms with Crippen molar-refractivity contribution in [3.8, 4) is 11.3 Å². The van der Waals surface area contributed by atoms with Crippen LogP contribution in [0.2, 0.25) is 0 Å². The summed E-state index contributed by atoms with van der Waals surface area (Å²) in [4.78, 5) is 19.2. The van der Waals surface area contributed by atoms with Crippen LogP contribution < -0.4 is 0 Å². The van der Waals surface area contributed by atoms with Crippen LogP contribution in [0, 0.1) is 0 Å². The van der Waals surface area contributed by atoms with Gasteiger partial charge in [0, 0.05) is 66.7 Å². The first kappa shape index (κ1) is 18.3. The van der Waals surface area contributed by atoms with Gasteiger partial charge in [-0.2, -0.15) is 10.2 Å². The molecule has 1 amide bonds. The highest BCUT2D eigenvalue weighted by atomic mass is 16.2. The fraction of sp³-hybridized carbons (Fsp3) is 0.333. The molecule has 31 heavy (non-hydrogen) atoms. The Labute approximate surface area is 180 Å². The van der Waals surface area contributed by atoms with Crippen LogP contribution in [0.25, 0.3) is 22.2 Å². The second-order valence-electron chi connectivity index (χ2n) is 8.88. The van der Waals surface area contributed by atoms with Crippen LogP contribution in [0.4, 0.5) is 0 Å². The Balaban J connectivity index is 1.22. The quantitative estimate of drug-likeness (QED) is 0.515. The number of benzene rings is 1. The van der Waals surface area contributed by atoms with Crippen LogP contribution in [0.1, 0.15) is 31.5 Å². The molecule has 2 aliphatic rings. The second-order valence-corrected chi connectivity index (χ2v) is 8.88. The minimum Gasteiger partial charge on any atom is -0.341 e. The molecule has 1 spiro atoms. The third-order valence-electron chi connectivity index (χ3n) is 6.72. The van der Waals surface area contributed by atoms with E-state index >= 15 is 0 Å². The molecule has 156 valence electrons. The average Bonchev–Trinajstić information content (AvgIpc) is 3.48. The van der Waals surface area contributed by atoms with Crippen molar-refractivity contribution < 1.29 is 4.79 Å². The first-order chi connectivity index (χ1) is 15.1. The molecule has 1 aromatic carbocycles. The molecule has 1 fully saturated rings. The van der Waals surface area contributed by atoms with Crippen LogP contribution in [0.15, 0.2) is 61.1 Å². The Bertz CT molecular complexity index is 1270. The Morgan fingerprint density at radius 3 is 2.90 bits per heavy atom. The maximum Gasteiger partial charge on any atom is 0.224 e. The Morgan fingerprint density at radius 2 is 2.06 bits per heavy atom. The highest BCUT2D eigenvalue weighted by Gasteiger charge is 2.53. The van der Waals surface area contributed by atoms with Crippen LogP contribution >= 0.6 is 0 Å². The summed E-state index contributed by atoms with van der Waals surface area (Å²) in [6.07, 6.45) is 7.07. The third kappa shape index (κ3) is 2.95. The number of hydrogen-bond acceptors (Lipinski definition) is 4. The van der Waals surface area contributed by atoms with Crippen molar-refractivity contribution in [3.05, 3.63) is 66.7 Å². The first-order valence-electron chi connectivity index (χ1n) is 10.8. The van der Waals surface area contributed by atoms with Crippen molar-refractivity contribution in [3.63, 3.8) is 0 Å². The van der Waals surface area contributed by atoms with Crippen molar-refractivity contribution >= 4 is 16.8 Å². The highest BCUT2D eigenvalue weighted by molar-refractivity contribution is 5.83. The number of para-hydroxylation sites is 1. The fourth-order valence-electron chi connectivity index (χ4n) is 5.19. The molecule has 4 aromatic rings. The van der Waals surface area contributed by atoms with E-state index in [1.54, 1.807) is 6.20 Å². The summed E-state index contributed by atoms with van der Waals surface area (Å²) in [6.45, 7) is 4.39. The Morgan fingerprint density at radius 1 is 1.19 bits per heavy atom. The number of carbonyl (C=O) groups is 1. The maximum atomic E-state index is 12.7. The summed E-state index contributed by atoms with van der Waals surface area (Å²) < 4.78 is 3.97. The van der Waals surface area contributed by atoms with Crippen LogP contribution in [-0.4, -0.2) is 48.4 Å². The molecular formula is C24H24N6O. The molecule has 5 heterocycles. The van der Waals surface area contributed by atoms with Crippen molar-refractivity contribution in [2.24, 2.45) is 0 Å². The maximum absolute atomic E-state index is 12.7. The van der Waals surface area contributed by atoms with Crippen molar-refractivity contribution in [1.82, 2.24) is 29.4 Å². The van der Waals surface area contributed by atoms with Gasteiger partial charge in [0.25, 0.3) is 0 Å². The molecule has 1 unspecified atom stereocenters. The van der Waals surface area contributed by atoms with E-state index in [0.29, 0.717) is 19.0 Å². The second kappa shape index (κ2) is 6.77. The minimum absolute atomic E-state index is 0.0241. The van der Waals surface area contributed by atoms with E-state index in [0.717, 1.165) is 41.7 Å². The summed E-state index contributed by atoms with van der Waals surface area (Å²) in [5.74, 6) is 0.200. The number of carbonyl (C=O) groups excluding carboxylic acids is 1. The number of aryl methyl sites for hydroxylation is 1. The zero-order valence-corrected chi connectivity index (χ0v) is 17.5. The SMILES string of the molecule is CC1CC2(CN(C(=O)CCn3cccn3)C2)c2cc(-c3cnc4ccccc4c3)nn21. The topological polar surface area (TPSA) is 68.8 Å². The Kier molecular flexibility index (Phi) is 4.00. The normalized spacial score (nSPS) is 19.0. The predicted octanol–water partition coefficient (Wildman–Crippen LogP) is 3.43.